The van der Waals surface area contributed by atoms with E-state index in [-0.39, 0.29) is 11.9 Å². The van der Waals surface area contributed by atoms with Crippen molar-refractivity contribution >= 4 is 5.91 Å². The van der Waals surface area contributed by atoms with E-state index in [4.69, 9.17) is 4.52 Å². The lowest BCUT2D eigenvalue weighted by atomic mass is 10.0. The van der Waals surface area contributed by atoms with Crippen LogP contribution in [0.15, 0.2) is 34.9 Å². The first-order valence-electron chi connectivity index (χ1n) is 8.94. The molecule has 2 heterocycles. The molecule has 128 valence electrons. The highest BCUT2D eigenvalue weighted by Crippen LogP contribution is 2.30. The second kappa shape index (κ2) is 8.08. The average Bonchev–Trinajstić information content (AvgIpc) is 3.11. The van der Waals surface area contributed by atoms with E-state index < -0.39 is 0 Å². The van der Waals surface area contributed by atoms with Crippen LogP contribution in [0.1, 0.15) is 62.3 Å². The van der Waals surface area contributed by atoms with Crippen molar-refractivity contribution in [3.63, 3.8) is 0 Å². The lowest BCUT2D eigenvalue weighted by Crippen LogP contribution is -2.38. The van der Waals surface area contributed by atoms with Crippen molar-refractivity contribution in [2.75, 3.05) is 6.54 Å². The van der Waals surface area contributed by atoms with Gasteiger partial charge in [-0.3, -0.25) is 4.79 Å². The van der Waals surface area contributed by atoms with Gasteiger partial charge in [0.25, 0.3) is 0 Å². The minimum Gasteiger partial charge on any atom is -0.337 e. The van der Waals surface area contributed by atoms with Crippen LogP contribution in [0.5, 0.6) is 0 Å². The van der Waals surface area contributed by atoms with Gasteiger partial charge in [0.05, 0.1) is 0 Å². The summed E-state index contributed by atoms with van der Waals surface area (Å²) in [4.78, 5) is 19.1. The van der Waals surface area contributed by atoms with Crippen molar-refractivity contribution in [1.29, 1.82) is 0 Å². The molecule has 0 aliphatic carbocycles. The van der Waals surface area contributed by atoms with Crippen LogP contribution in [0.2, 0.25) is 0 Å². The number of aromatic nitrogens is 2. The average molecular weight is 327 g/mol. The highest BCUT2D eigenvalue weighted by Gasteiger charge is 2.31. The summed E-state index contributed by atoms with van der Waals surface area (Å²) in [6.45, 7) is 2.79. The standard InChI is InChI=1S/C19H25N3O2/c1-2-17-20-19(24-21-17)16-12-6-7-14-22(16)18(23)13-8-11-15-9-4-3-5-10-15/h3-5,9-10,16H,2,6-8,11-14H2,1H3/t16-/m0/s1. The molecule has 1 aliphatic rings. The monoisotopic (exact) mass is 327 g/mol. The maximum atomic E-state index is 12.7. The number of benzene rings is 1. The summed E-state index contributed by atoms with van der Waals surface area (Å²) >= 11 is 0. The number of likely N-dealkylation sites (tertiary alicyclic amines) is 1. The summed E-state index contributed by atoms with van der Waals surface area (Å²) in [6, 6.07) is 10.3. The molecule has 0 bridgehead atoms. The first kappa shape index (κ1) is 16.7. The topological polar surface area (TPSA) is 59.2 Å². The molecule has 1 fully saturated rings. The van der Waals surface area contributed by atoms with Crippen LogP contribution in [0, 0.1) is 0 Å². The Balaban J connectivity index is 1.59. The molecule has 1 saturated heterocycles. The van der Waals surface area contributed by atoms with Gasteiger partial charge in [0.2, 0.25) is 11.8 Å². The molecule has 0 N–H and O–H groups in total. The van der Waals surface area contributed by atoms with E-state index in [1.807, 2.05) is 30.0 Å². The van der Waals surface area contributed by atoms with Crippen LogP contribution in [-0.4, -0.2) is 27.5 Å². The van der Waals surface area contributed by atoms with Crippen LogP contribution in [-0.2, 0) is 17.6 Å². The van der Waals surface area contributed by atoms with Gasteiger partial charge in [0, 0.05) is 19.4 Å². The maximum absolute atomic E-state index is 12.7. The highest BCUT2D eigenvalue weighted by molar-refractivity contribution is 5.76. The first-order chi connectivity index (χ1) is 11.8. The normalized spacial score (nSPS) is 17.9. The molecule has 1 atom stereocenters. The number of amides is 1. The lowest BCUT2D eigenvalue weighted by Gasteiger charge is -2.33. The van der Waals surface area contributed by atoms with E-state index in [9.17, 15) is 4.79 Å². The van der Waals surface area contributed by atoms with Crippen LogP contribution >= 0.6 is 0 Å². The van der Waals surface area contributed by atoms with Gasteiger partial charge in [-0.25, -0.2) is 0 Å². The highest BCUT2D eigenvalue weighted by atomic mass is 16.5. The van der Waals surface area contributed by atoms with Gasteiger partial charge >= 0.3 is 0 Å². The molecule has 1 aromatic carbocycles. The second-order valence-corrected chi connectivity index (χ2v) is 6.34. The Hall–Kier alpha value is -2.17. The zero-order valence-corrected chi connectivity index (χ0v) is 14.3. The van der Waals surface area contributed by atoms with E-state index in [0.29, 0.717) is 18.1 Å². The summed E-state index contributed by atoms with van der Waals surface area (Å²) in [5.74, 6) is 1.52. The van der Waals surface area contributed by atoms with Crippen molar-refractivity contribution in [2.45, 2.75) is 57.9 Å². The Morgan fingerprint density at radius 3 is 2.88 bits per heavy atom. The molecule has 0 spiro atoms. The van der Waals surface area contributed by atoms with E-state index in [1.165, 1.54) is 5.56 Å². The summed E-state index contributed by atoms with van der Waals surface area (Å²) in [5.41, 5.74) is 1.28. The molecule has 24 heavy (non-hydrogen) atoms. The van der Waals surface area contributed by atoms with Gasteiger partial charge in [-0.1, -0.05) is 42.4 Å². The quantitative estimate of drug-likeness (QED) is 0.811. The third-order valence-electron chi connectivity index (χ3n) is 4.61. The zero-order chi connectivity index (χ0) is 16.8. The largest absolute Gasteiger partial charge is 0.337 e. The fourth-order valence-corrected chi connectivity index (χ4v) is 3.27. The van der Waals surface area contributed by atoms with Gasteiger partial charge < -0.3 is 9.42 Å². The molecular weight excluding hydrogens is 302 g/mol. The van der Waals surface area contributed by atoms with E-state index >= 15 is 0 Å². The fraction of sp³-hybridized carbons (Fsp3) is 0.526. The third-order valence-corrected chi connectivity index (χ3v) is 4.61. The van der Waals surface area contributed by atoms with Crippen molar-refractivity contribution < 1.29 is 9.32 Å². The van der Waals surface area contributed by atoms with E-state index in [0.717, 1.165) is 45.1 Å². The Morgan fingerprint density at radius 1 is 1.29 bits per heavy atom. The number of carbonyl (C=O) groups excluding carboxylic acids is 1. The number of nitrogens with zero attached hydrogens (tertiary/aromatic N) is 3. The Kier molecular flexibility index (Phi) is 5.62. The summed E-state index contributed by atoms with van der Waals surface area (Å²) in [7, 11) is 0. The summed E-state index contributed by atoms with van der Waals surface area (Å²) in [5, 5.41) is 3.98. The number of aryl methyl sites for hydroxylation is 2. The number of hydrogen-bond donors (Lipinski definition) is 0. The molecule has 5 heteroatoms. The SMILES string of the molecule is CCc1noc([C@@H]2CCCCN2C(=O)CCCc2ccccc2)n1. The van der Waals surface area contributed by atoms with Crippen molar-refractivity contribution in [2.24, 2.45) is 0 Å². The van der Waals surface area contributed by atoms with E-state index in [2.05, 4.69) is 22.3 Å². The molecule has 1 amide bonds. The fourth-order valence-electron chi connectivity index (χ4n) is 3.27. The molecule has 0 saturated carbocycles. The Labute approximate surface area is 143 Å². The Bertz CT molecular complexity index is 654. The van der Waals surface area contributed by atoms with Crippen LogP contribution in [0.4, 0.5) is 0 Å². The summed E-state index contributed by atoms with van der Waals surface area (Å²) in [6.07, 6.45) is 6.19. The van der Waals surface area contributed by atoms with Crippen LogP contribution in [0.3, 0.4) is 0 Å². The van der Waals surface area contributed by atoms with Gasteiger partial charge in [0.1, 0.15) is 6.04 Å². The van der Waals surface area contributed by atoms with Gasteiger partial charge in [0.15, 0.2) is 5.82 Å². The number of hydrogen-bond acceptors (Lipinski definition) is 4. The van der Waals surface area contributed by atoms with Crippen LogP contribution < -0.4 is 0 Å². The molecule has 5 nitrogen and oxygen atoms in total. The predicted octanol–water partition coefficient (Wildman–Crippen LogP) is 3.71. The second-order valence-electron chi connectivity index (χ2n) is 6.34. The molecule has 0 unspecified atom stereocenters. The first-order valence-corrected chi connectivity index (χ1v) is 8.94. The minimum atomic E-state index is -0.0456. The smallest absolute Gasteiger partial charge is 0.249 e. The summed E-state index contributed by atoms with van der Waals surface area (Å²) < 4.78 is 5.39. The molecule has 3 rings (SSSR count). The third kappa shape index (κ3) is 4.02. The number of rotatable bonds is 6. The molecule has 1 aromatic heterocycles. The molecule has 2 aromatic rings. The van der Waals surface area contributed by atoms with Gasteiger partial charge in [-0.15, -0.1) is 0 Å². The molecule has 1 aliphatic heterocycles. The van der Waals surface area contributed by atoms with Crippen LogP contribution in [0.25, 0.3) is 0 Å². The predicted molar refractivity (Wildman–Crippen MR) is 91.4 cm³/mol. The minimum absolute atomic E-state index is 0.0456. The van der Waals surface area contributed by atoms with Crippen molar-refractivity contribution in [1.82, 2.24) is 15.0 Å². The Morgan fingerprint density at radius 2 is 2.12 bits per heavy atom. The number of piperidine rings is 1. The van der Waals surface area contributed by atoms with Crippen molar-refractivity contribution in [3.8, 4) is 0 Å². The number of carbonyl (C=O) groups is 1. The molecular formula is C19H25N3O2. The molecule has 0 radical (unpaired) electrons. The van der Waals surface area contributed by atoms with Gasteiger partial charge in [-0.05, 0) is 37.7 Å². The van der Waals surface area contributed by atoms with E-state index in [1.54, 1.807) is 0 Å². The maximum Gasteiger partial charge on any atom is 0.249 e. The lowest BCUT2D eigenvalue weighted by molar-refractivity contribution is -0.135. The van der Waals surface area contributed by atoms with Crippen molar-refractivity contribution in [3.05, 3.63) is 47.6 Å². The van der Waals surface area contributed by atoms with Gasteiger partial charge in [-0.2, -0.15) is 4.98 Å². The zero-order valence-electron chi connectivity index (χ0n) is 14.3.